The number of carbonyl (C=O) groups is 1. The average Bonchev–Trinajstić information content (AvgIpc) is 2.47. The van der Waals surface area contributed by atoms with Crippen LogP contribution in [0.25, 0.3) is 6.08 Å². The molecule has 134 valence electrons. The van der Waals surface area contributed by atoms with Crippen molar-refractivity contribution in [1.29, 1.82) is 0 Å². The van der Waals surface area contributed by atoms with E-state index in [1.54, 1.807) is 13.1 Å². The minimum Gasteiger partial charge on any atom is -0.355 e. The number of nitrogens with one attached hydrogen (secondary N) is 1. The maximum Gasteiger partial charge on any atom is 0.251 e. The summed E-state index contributed by atoms with van der Waals surface area (Å²) in [7, 11) is -0.246. The molecule has 1 aromatic carbocycles. The van der Waals surface area contributed by atoms with E-state index in [-0.39, 0.29) is 11.7 Å². The molecule has 0 aromatic heterocycles. The maximum absolute atomic E-state index is 14.5. The summed E-state index contributed by atoms with van der Waals surface area (Å²) in [5, 5.41) is 2.59. The molecule has 0 aliphatic heterocycles. The van der Waals surface area contributed by atoms with Gasteiger partial charge in [0.15, 0.2) is 0 Å². The van der Waals surface area contributed by atoms with Gasteiger partial charge in [0.25, 0.3) is 5.91 Å². The van der Waals surface area contributed by atoms with E-state index in [1.807, 2.05) is 6.08 Å². The minimum atomic E-state index is -1.81. The fraction of sp³-hybridized carbons (Fsp3) is 0.526. The van der Waals surface area contributed by atoms with Crippen LogP contribution in [0.5, 0.6) is 0 Å². The molecule has 0 heterocycles. The molecule has 0 fully saturated rings. The number of carbonyl (C=O) groups excluding carboxylic acids is 1. The van der Waals surface area contributed by atoms with Crippen molar-refractivity contribution in [1.82, 2.24) is 5.32 Å². The molecule has 1 rings (SSSR count). The first-order valence-electron chi connectivity index (χ1n) is 8.48. The molecule has 0 saturated carbocycles. The van der Waals surface area contributed by atoms with Crippen molar-refractivity contribution < 1.29 is 9.18 Å². The van der Waals surface area contributed by atoms with Crippen LogP contribution in [0.2, 0.25) is 16.6 Å². The molecule has 0 saturated heterocycles. The normalized spacial score (nSPS) is 12.7. The van der Waals surface area contributed by atoms with Gasteiger partial charge in [-0.1, -0.05) is 69.2 Å². The van der Waals surface area contributed by atoms with Crippen molar-refractivity contribution in [3.05, 3.63) is 39.2 Å². The Kier molecular flexibility index (Phi) is 7.41. The molecule has 0 radical (unpaired) electrons. The molecule has 1 N–H and O–H groups in total. The Morgan fingerprint density at radius 2 is 1.62 bits per heavy atom. The predicted molar refractivity (Wildman–Crippen MR) is 108 cm³/mol. The van der Waals surface area contributed by atoms with Crippen LogP contribution in [0.15, 0.2) is 22.3 Å². The molecule has 24 heavy (non-hydrogen) atoms. The van der Waals surface area contributed by atoms with Crippen LogP contribution in [-0.4, -0.2) is 21.0 Å². The molecule has 1 amide bonds. The van der Waals surface area contributed by atoms with E-state index in [0.717, 1.165) is 0 Å². The number of benzene rings is 1. The van der Waals surface area contributed by atoms with Crippen LogP contribution in [0.1, 0.15) is 57.5 Å². The zero-order valence-corrected chi connectivity index (χ0v) is 18.3. The molecule has 0 atom stereocenters. The number of amides is 1. The molecule has 0 aliphatic carbocycles. The van der Waals surface area contributed by atoms with Gasteiger partial charge in [0.1, 0.15) is 5.82 Å². The summed E-state index contributed by atoms with van der Waals surface area (Å²) in [5.41, 5.74) is 4.59. The molecule has 2 nitrogen and oxygen atoms in total. The van der Waals surface area contributed by atoms with Crippen LogP contribution in [-0.2, 0) is 0 Å². The number of hydrogen-bond donors (Lipinski definition) is 1. The van der Waals surface area contributed by atoms with Gasteiger partial charge in [-0.2, -0.15) is 0 Å². The molecular formula is C19H29BrFNOSi. The maximum atomic E-state index is 14.5. The lowest BCUT2D eigenvalue weighted by atomic mass is 10.1. The topological polar surface area (TPSA) is 29.1 Å². The van der Waals surface area contributed by atoms with Crippen molar-refractivity contribution in [3.8, 4) is 0 Å². The van der Waals surface area contributed by atoms with Gasteiger partial charge in [0.2, 0.25) is 0 Å². The van der Waals surface area contributed by atoms with Crippen LogP contribution >= 0.6 is 15.9 Å². The first-order valence-corrected chi connectivity index (χ1v) is 11.6. The van der Waals surface area contributed by atoms with Crippen molar-refractivity contribution >= 4 is 36.0 Å². The summed E-state index contributed by atoms with van der Waals surface area (Å²) in [6, 6.07) is 3.08. The predicted octanol–water partition coefficient (Wildman–Crippen LogP) is 6.18. The van der Waals surface area contributed by atoms with E-state index in [1.165, 1.54) is 6.07 Å². The number of rotatable bonds is 6. The van der Waals surface area contributed by atoms with Crippen LogP contribution in [0, 0.1) is 5.82 Å². The van der Waals surface area contributed by atoms with E-state index in [4.69, 9.17) is 0 Å². The summed E-state index contributed by atoms with van der Waals surface area (Å²) in [5.74, 6) is -0.654. The Morgan fingerprint density at radius 3 is 2.04 bits per heavy atom. The second-order valence-corrected chi connectivity index (χ2v) is 13.9. The fourth-order valence-corrected chi connectivity index (χ4v) is 9.92. The lowest BCUT2D eigenvalue weighted by Gasteiger charge is -2.40. The van der Waals surface area contributed by atoms with Crippen LogP contribution in [0.4, 0.5) is 4.39 Å². The smallest absolute Gasteiger partial charge is 0.251 e. The summed E-state index contributed by atoms with van der Waals surface area (Å²) in [4.78, 5) is 12.1. The van der Waals surface area contributed by atoms with Gasteiger partial charge in [-0.25, -0.2) is 4.39 Å². The van der Waals surface area contributed by atoms with Crippen molar-refractivity contribution in [2.75, 3.05) is 7.05 Å². The Hall–Kier alpha value is -0.943. The summed E-state index contributed by atoms with van der Waals surface area (Å²) >= 11 is 3.27. The van der Waals surface area contributed by atoms with Crippen molar-refractivity contribution in [2.45, 2.75) is 58.2 Å². The largest absolute Gasteiger partial charge is 0.355 e. The van der Waals surface area contributed by atoms with Gasteiger partial charge in [-0.3, -0.25) is 4.79 Å². The molecule has 1 aromatic rings. The fourth-order valence-electron chi connectivity index (χ4n) is 3.88. The standard InChI is InChI=1S/C19H29BrFNOSi/c1-12(2)24(13(3)4,14(5)6)9-8-16-17(19(23)22-7)10-15(20)11-18(16)21/h8-14H,1-7H3,(H,22,23)/b9-8+. The third-order valence-electron chi connectivity index (χ3n) is 5.10. The number of hydrogen-bond acceptors (Lipinski definition) is 1. The van der Waals surface area contributed by atoms with Gasteiger partial charge in [-0.05, 0) is 28.8 Å². The lowest BCUT2D eigenvalue weighted by Crippen LogP contribution is -2.42. The van der Waals surface area contributed by atoms with Gasteiger partial charge in [0.05, 0.1) is 13.6 Å². The van der Waals surface area contributed by atoms with Gasteiger partial charge in [-0.15, -0.1) is 0 Å². The molecule has 0 spiro atoms. The van der Waals surface area contributed by atoms with E-state index in [0.29, 0.717) is 32.2 Å². The summed E-state index contributed by atoms with van der Waals surface area (Å²) < 4.78 is 15.1. The van der Waals surface area contributed by atoms with E-state index >= 15 is 0 Å². The first-order chi connectivity index (χ1) is 11.1. The second kappa shape index (κ2) is 8.43. The second-order valence-electron chi connectivity index (χ2n) is 7.23. The Morgan fingerprint density at radius 1 is 1.12 bits per heavy atom. The van der Waals surface area contributed by atoms with Crippen LogP contribution < -0.4 is 5.32 Å². The minimum absolute atomic E-state index is 0.277. The third-order valence-corrected chi connectivity index (χ3v) is 12.3. The number of halogens is 2. The average molecular weight is 414 g/mol. The van der Waals surface area contributed by atoms with Gasteiger partial charge >= 0.3 is 0 Å². The van der Waals surface area contributed by atoms with E-state index in [9.17, 15) is 9.18 Å². The molecular weight excluding hydrogens is 385 g/mol. The molecule has 0 unspecified atom stereocenters. The van der Waals surface area contributed by atoms with Gasteiger partial charge < -0.3 is 5.32 Å². The highest BCUT2D eigenvalue weighted by Crippen LogP contribution is 2.43. The lowest BCUT2D eigenvalue weighted by molar-refractivity contribution is 0.0962. The summed E-state index contributed by atoms with van der Waals surface area (Å²) in [6.07, 6.45) is 1.85. The highest BCUT2D eigenvalue weighted by atomic mass is 79.9. The Bertz CT molecular complexity index is 604. The molecule has 5 heteroatoms. The van der Waals surface area contributed by atoms with Crippen LogP contribution in [0.3, 0.4) is 0 Å². The van der Waals surface area contributed by atoms with E-state index in [2.05, 4.69) is 68.5 Å². The zero-order valence-electron chi connectivity index (χ0n) is 15.7. The monoisotopic (exact) mass is 413 g/mol. The highest BCUT2D eigenvalue weighted by Gasteiger charge is 2.40. The Labute approximate surface area is 155 Å². The van der Waals surface area contributed by atoms with Crippen molar-refractivity contribution in [2.24, 2.45) is 0 Å². The summed E-state index contributed by atoms with van der Waals surface area (Å²) in [6.45, 7) is 13.5. The quantitative estimate of drug-likeness (QED) is 0.554. The highest BCUT2D eigenvalue weighted by molar-refractivity contribution is 9.10. The van der Waals surface area contributed by atoms with E-state index < -0.39 is 8.07 Å². The third kappa shape index (κ3) is 4.17. The first kappa shape index (κ1) is 21.1. The Balaban J connectivity index is 3.52. The van der Waals surface area contributed by atoms with Crippen molar-refractivity contribution in [3.63, 3.8) is 0 Å². The SMILES string of the molecule is CNC(=O)c1cc(Br)cc(F)c1/C=C/[Si](C(C)C)(C(C)C)C(C)C. The zero-order chi connectivity index (χ0) is 18.7. The van der Waals surface area contributed by atoms with Gasteiger partial charge in [0, 0.05) is 17.1 Å². The molecule has 0 bridgehead atoms. The molecule has 0 aliphatic rings.